The standard InChI is InChI=1S/C21H28O2/c1-6-21(5,23-20-13-9-17(3)10-14-20)15-18(4)22-19-11-7-16(2)8-12-19/h7-14,18H,6,15H2,1-5H3. The molecule has 0 N–H and O–H groups in total. The van der Waals surface area contributed by atoms with E-state index < -0.39 is 0 Å². The summed E-state index contributed by atoms with van der Waals surface area (Å²) in [7, 11) is 0. The summed E-state index contributed by atoms with van der Waals surface area (Å²) < 4.78 is 12.3. The molecule has 2 nitrogen and oxygen atoms in total. The van der Waals surface area contributed by atoms with E-state index in [0.717, 1.165) is 24.3 Å². The van der Waals surface area contributed by atoms with Gasteiger partial charge >= 0.3 is 0 Å². The largest absolute Gasteiger partial charge is 0.491 e. The highest BCUT2D eigenvalue weighted by atomic mass is 16.5. The second-order valence-electron chi connectivity index (χ2n) is 6.66. The first-order valence-corrected chi connectivity index (χ1v) is 8.39. The average molecular weight is 312 g/mol. The van der Waals surface area contributed by atoms with Gasteiger partial charge in [0.1, 0.15) is 17.1 Å². The third kappa shape index (κ3) is 5.31. The van der Waals surface area contributed by atoms with Crippen LogP contribution in [0.1, 0.15) is 44.7 Å². The quantitative estimate of drug-likeness (QED) is 0.652. The van der Waals surface area contributed by atoms with E-state index in [1.165, 1.54) is 11.1 Å². The van der Waals surface area contributed by atoms with Gasteiger partial charge in [-0.25, -0.2) is 0 Å². The third-order valence-electron chi connectivity index (χ3n) is 4.21. The number of aryl methyl sites for hydroxylation is 2. The Hall–Kier alpha value is -1.96. The zero-order valence-corrected chi connectivity index (χ0v) is 14.9. The summed E-state index contributed by atoms with van der Waals surface area (Å²) in [5.74, 6) is 1.83. The molecule has 2 rings (SSSR count). The lowest BCUT2D eigenvalue weighted by Crippen LogP contribution is -2.36. The summed E-state index contributed by atoms with van der Waals surface area (Å²) in [5, 5.41) is 0. The monoisotopic (exact) mass is 312 g/mol. The predicted octanol–water partition coefficient (Wildman–Crippen LogP) is 5.71. The van der Waals surface area contributed by atoms with Crippen molar-refractivity contribution < 1.29 is 9.47 Å². The molecule has 0 heterocycles. The molecule has 0 aliphatic rings. The smallest absolute Gasteiger partial charge is 0.120 e. The first kappa shape index (κ1) is 17.4. The van der Waals surface area contributed by atoms with Gasteiger partial charge in [0, 0.05) is 6.42 Å². The highest BCUT2D eigenvalue weighted by Crippen LogP contribution is 2.27. The molecule has 0 radical (unpaired) electrons. The second-order valence-corrected chi connectivity index (χ2v) is 6.66. The molecule has 2 aromatic carbocycles. The lowest BCUT2D eigenvalue weighted by Gasteiger charge is -2.32. The van der Waals surface area contributed by atoms with Crippen LogP contribution < -0.4 is 9.47 Å². The normalized spacial score (nSPS) is 14.8. The maximum Gasteiger partial charge on any atom is 0.120 e. The Morgan fingerprint density at radius 1 is 0.870 bits per heavy atom. The van der Waals surface area contributed by atoms with Crippen LogP contribution in [0.4, 0.5) is 0 Å². The minimum absolute atomic E-state index is 0.0908. The van der Waals surface area contributed by atoms with E-state index >= 15 is 0 Å². The minimum atomic E-state index is -0.237. The van der Waals surface area contributed by atoms with Crippen LogP contribution in [-0.2, 0) is 0 Å². The molecule has 2 atom stereocenters. The number of ether oxygens (including phenoxy) is 2. The van der Waals surface area contributed by atoms with Gasteiger partial charge < -0.3 is 9.47 Å². The van der Waals surface area contributed by atoms with Crippen LogP contribution in [-0.4, -0.2) is 11.7 Å². The molecule has 0 aliphatic heterocycles. The van der Waals surface area contributed by atoms with Gasteiger partial charge in [0.2, 0.25) is 0 Å². The predicted molar refractivity (Wildman–Crippen MR) is 96.4 cm³/mol. The van der Waals surface area contributed by atoms with Crippen molar-refractivity contribution in [1.82, 2.24) is 0 Å². The molecule has 0 spiro atoms. The second kappa shape index (κ2) is 7.54. The van der Waals surface area contributed by atoms with Gasteiger partial charge in [-0.2, -0.15) is 0 Å². The van der Waals surface area contributed by atoms with Crippen molar-refractivity contribution >= 4 is 0 Å². The van der Waals surface area contributed by atoms with Crippen LogP contribution in [0, 0.1) is 13.8 Å². The summed E-state index contributed by atoms with van der Waals surface area (Å²) >= 11 is 0. The molecular formula is C21H28O2. The molecule has 124 valence electrons. The molecule has 0 fully saturated rings. The molecule has 2 heteroatoms. The van der Waals surface area contributed by atoms with E-state index in [0.29, 0.717) is 0 Å². The van der Waals surface area contributed by atoms with Gasteiger partial charge in [0.05, 0.1) is 6.10 Å². The van der Waals surface area contributed by atoms with Crippen molar-refractivity contribution in [2.24, 2.45) is 0 Å². The fourth-order valence-corrected chi connectivity index (χ4v) is 2.65. The summed E-state index contributed by atoms with van der Waals surface area (Å²) in [4.78, 5) is 0. The van der Waals surface area contributed by atoms with E-state index in [-0.39, 0.29) is 11.7 Å². The fraction of sp³-hybridized carbons (Fsp3) is 0.429. The van der Waals surface area contributed by atoms with Crippen LogP contribution in [0.25, 0.3) is 0 Å². The van der Waals surface area contributed by atoms with Crippen molar-refractivity contribution in [1.29, 1.82) is 0 Å². The van der Waals surface area contributed by atoms with Crippen LogP contribution in [0.15, 0.2) is 48.5 Å². The Balaban J connectivity index is 1.98. The van der Waals surface area contributed by atoms with E-state index in [9.17, 15) is 0 Å². The molecule has 0 saturated carbocycles. The highest BCUT2D eigenvalue weighted by molar-refractivity contribution is 5.27. The summed E-state index contributed by atoms with van der Waals surface area (Å²) in [6, 6.07) is 16.4. The van der Waals surface area contributed by atoms with Gasteiger partial charge in [0.15, 0.2) is 0 Å². The number of hydrogen-bond acceptors (Lipinski definition) is 2. The molecule has 2 aromatic rings. The summed E-state index contributed by atoms with van der Waals surface area (Å²) in [6.45, 7) is 10.6. The van der Waals surface area contributed by atoms with Crippen LogP contribution in [0.2, 0.25) is 0 Å². The highest BCUT2D eigenvalue weighted by Gasteiger charge is 2.27. The Labute approximate surface area is 140 Å². The Bertz CT molecular complexity index is 601. The SMILES string of the molecule is CCC(C)(CC(C)Oc1ccc(C)cc1)Oc1ccc(C)cc1. The maximum absolute atomic E-state index is 6.25. The van der Waals surface area contributed by atoms with E-state index in [1.807, 2.05) is 24.3 Å². The van der Waals surface area contributed by atoms with Gasteiger partial charge in [-0.15, -0.1) is 0 Å². The molecule has 2 unspecified atom stereocenters. The first-order chi connectivity index (χ1) is 10.9. The molecule has 0 amide bonds. The minimum Gasteiger partial charge on any atom is -0.491 e. The first-order valence-electron chi connectivity index (χ1n) is 8.39. The number of benzene rings is 2. The van der Waals surface area contributed by atoms with Gasteiger partial charge in [0.25, 0.3) is 0 Å². The van der Waals surface area contributed by atoms with Crippen molar-refractivity contribution in [3.05, 3.63) is 59.7 Å². The number of hydrogen-bond donors (Lipinski definition) is 0. The topological polar surface area (TPSA) is 18.5 Å². The van der Waals surface area contributed by atoms with E-state index in [2.05, 4.69) is 58.9 Å². The molecule has 23 heavy (non-hydrogen) atoms. The number of rotatable bonds is 7. The summed E-state index contributed by atoms with van der Waals surface area (Å²) in [6.07, 6.45) is 1.86. The van der Waals surface area contributed by atoms with Crippen molar-refractivity contribution in [3.8, 4) is 11.5 Å². The van der Waals surface area contributed by atoms with Gasteiger partial charge in [-0.3, -0.25) is 0 Å². The fourth-order valence-electron chi connectivity index (χ4n) is 2.65. The molecular weight excluding hydrogens is 284 g/mol. The van der Waals surface area contributed by atoms with Gasteiger partial charge in [-0.1, -0.05) is 42.3 Å². The van der Waals surface area contributed by atoms with Crippen molar-refractivity contribution in [2.75, 3.05) is 0 Å². The molecule has 0 saturated heterocycles. The summed E-state index contributed by atoms with van der Waals surface area (Å²) in [5.41, 5.74) is 2.25. The molecule has 0 bridgehead atoms. The molecule has 0 aromatic heterocycles. The Morgan fingerprint density at radius 2 is 1.35 bits per heavy atom. The van der Waals surface area contributed by atoms with Crippen LogP contribution in [0.5, 0.6) is 11.5 Å². The zero-order chi connectivity index (χ0) is 16.9. The van der Waals surface area contributed by atoms with Crippen molar-refractivity contribution in [3.63, 3.8) is 0 Å². The lowest BCUT2D eigenvalue weighted by molar-refractivity contribution is 0.0356. The maximum atomic E-state index is 6.25. The van der Waals surface area contributed by atoms with Gasteiger partial charge in [-0.05, 0) is 58.4 Å². The lowest BCUT2D eigenvalue weighted by atomic mass is 9.95. The molecule has 0 aliphatic carbocycles. The van der Waals surface area contributed by atoms with Crippen LogP contribution in [0.3, 0.4) is 0 Å². The third-order valence-corrected chi connectivity index (χ3v) is 4.21. The Kier molecular flexibility index (Phi) is 5.70. The average Bonchev–Trinajstić information content (AvgIpc) is 2.52. The van der Waals surface area contributed by atoms with E-state index in [1.54, 1.807) is 0 Å². The van der Waals surface area contributed by atoms with Crippen molar-refractivity contribution in [2.45, 2.75) is 59.2 Å². The zero-order valence-electron chi connectivity index (χ0n) is 14.9. The van der Waals surface area contributed by atoms with Crippen LogP contribution >= 0.6 is 0 Å². The van der Waals surface area contributed by atoms with E-state index in [4.69, 9.17) is 9.47 Å². The Morgan fingerprint density at radius 3 is 1.83 bits per heavy atom.